The summed E-state index contributed by atoms with van der Waals surface area (Å²) < 4.78 is 5.88. The average Bonchev–Trinajstić information content (AvgIpc) is 3.05. The number of hydrogen-bond acceptors (Lipinski definition) is 2. The zero-order valence-corrected chi connectivity index (χ0v) is 14.7. The van der Waals surface area contributed by atoms with E-state index in [0.717, 1.165) is 33.7 Å². The van der Waals surface area contributed by atoms with Gasteiger partial charge >= 0.3 is 0 Å². The Morgan fingerprint density at radius 2 is 1.80 bits per heavy atom. The topological polar surface area (TPSA) is 37.9 Å². The molecule has 5 heteroatoms. The van der Waals surface area contributed by atoms with Crippen molar-refractivity contribution in [1.29, 1.82) is 0 Å². The molecule has 0 spiro atoms. The Morgan fingerprint density at radius 1 is 0.920 bits per heavy atom. The summed E-state index contributed by atoms with van der Waals surface area (Å²) in [7, 11) is 0. The number of rotatable bonds is 4. The van der Waals surface area contributed by atoms with Gasteiger partial charge in [0.05, 0.1) is 11.0 Å². The van der Waals surface area contributed by atoms with Gasteiger partial charge in [-0.2, -0.15) is 0 Å². The first-order valence-electron chi connectivity index (χ1n) is 7.81. The van der Waals surface area contributed by atoms with E-state index in [-0.39, 0.29) is 0 Å². The average molecular weight is 369 g/mol. The molecule has 0 unspecified atom stereocenters. The van der Waals surface area contributed by atoms with Crippen LogP contribution in [0.2, 0.25) is 10.0 Å². The van der Waals surface area contributed by atoms with Gasteiger partial charge in [-0.05, 0) is 36.4 Å². The van der Waals surface area contributed by atoms with Crippen LogP contribution in [0.1, 0.15) is 5.56 Å². The van der Waals surface area contributed by atoms with Gasteiger partial charge in [0.1, 0.15) is 18.2 Å². The van der Waals surface area contributed by atoms with Gasteiger partial charge in [-0.15, -0.1) is 0 Å². The van der Waals surface area contributed by atoms with Gasteiger partial charge in [-0.25, -0.2) is 4.98 Å². The van der Waals surface area contributed by atoms with Crippen LogP contribution in [-0.4, -0.2) is 9.97 Å². The number of nitrogens with one attached hydrogen (secondary N) is 1. The number of halogens is 2. The molecule has 0 aliphatic rings. The van der Waals surface area contributed by atoms with Crippen LogP contribution in [0.3, 0.4) is 0 Å². The second kappa shape index (κ2) is 6.79. The van der Waals surface area contributed by atoms with Gasteiger partial charge in [-0.1, -0.05) is 53.5 Å². The smallest absolute Gasteiger partial charge is 0.138 e. The lowest BCUT2D eigenvalue weighted by Gasteiger charge is -2.09. The van der Waals surface area contributed by atoms with E-state index >= 15 is 0 Å². The minimum absolute atomic E-state index is 0.375. The molecule has 0 bridgehead atoms. The zero-order chi connectivity index (χ0) is 17.2. The predicted molar refractivity (Wildman–Crippen MR) is 102 cm³/mol. The molecule has 0 saturated heterocycles. The minimum Gasteiger partial charge on any atom is -0.489 e. The number of nitrogens with zero attached hydrogens (tertiary/aromatic N) is 1. The summed E-state index contributed by atoms with van der Waals surface area (Å²) in [6.07, 6.45) is 0. The van der Waals surface area contributed by atoms with Crippen molar-refractivity contribution in [1.82, 2.24) is 9.97 Å². The molecule has 0 amide bonds. The number of fused-ring (bicyclic) bond motifs is 1. The standard InChI is InChI=1S/C20H14Cl2N2O/c21-15-9-8-14(17(22)11-15)12-25-16-5-3-4-13(10-16)20-23-18-6-1-2-7-19(18)24-20/h1-11H,12H2,(H,23,24). The number of aromatic nitrogens is 2. The van der Waals surface area contributed by atoms with E-state index in [1.54, 1.807) is 12.1 Å². The van der Waals surface area contributed by atoms with Gasteiger partial charge in [0.25, 0.3) is 0 Å². The van der Waals surface area contributed by atoms with E-state index < -0.39 is 0 Å². The molecule has 0 radical (unpaired) electrons. The fourth-order valence-electron chi connectivity index (χ4n) is 2.62. The first-order chi connectivity index (χ1) is 12.2. The van der Waals surface area contributed by atoms with E-state index in [9.17, 15) is 0 Å². The summed E-state index contributed by atoms with van der Waals surface area (Å²) in [6, 6.07) is 21.2. The van der Waals surface area contributed by atoms with Crippen LogP contribution in [0.4, 0.5) is 0 Å². The van der Waals surface area contributed by atoms with Gasteiger partial charge in [0.15, 0.2) is 0 Å². The molecule has 0 fully saturated rings. The first-order valence-corrected chi connectivity index (χ1v) is 8.56. The molecule has 0 aliphatic heterocycles. The van der Waals surface area contributed by atoms with E-state index in [4.69, 9.17) is 27.9 Å². The maximum atomic E-state index is 6.19. The number of imidazole rings is 1. The molecule has 124 valence electrons. The lowest BCUT2D eigenvalue weighted by molar-refractivity contribution is 0.306. The highest BCUT2D eigenvalue weighted by Crippen LogP contribution is 2.26. The summed E-state index contributed by atoms with van der Waals surface area (Å²) in [5, 5.41) is 1.21. The van der Waals surface area contributed by atoms with Crippen LogP contribution in [0.5, 0.6) is 5.75 Å². The molecule has 1 heterocycles. The Morgan fingerprint density at radius 3 is 2.64 bits per heavy atom. The lowest BCUT2D eigenvalue weighted by Crippen LogP contribution is -1.96. The molecule has 0 saturated carbocycles. The van der Waals surface area contributed by atoms with Crippen molar-refractivity contribution in [3.05, 3.63) is 82.3 Å². The second-order valence-corrected chi connectivity index (χ2v) is 6.50. The van der Waals surface area contributed by atoms with Gasteiger partial charge in [-0.3, -0.25) is 0 Å². The van der Waals surface area contributed by atoms with Gasteiger partial charge in [0, 0.05) is 21.2 Å². The summed E-state index contributed by atoms with van der Waals surface area (Å²) in [5.74, 6) is 1.57. The Labute approximate surface area is 155 Å². The quantitative estimate of drug-likeness (QED) is 0.471. The Hall–Kier alpha value is -2.49. The van der Waals surface area contributed by atoms with Crippen molar-refractivity contribution < 1.29 is 4.74 Å². The van der Waals surface area contributed by atoms with Crippen molar-refractivity contribution in [3.63, 3.8) is 0 Å². The second-order valence-electron chi connectivity index (χ2n) is 5.65. The molecule has 1 aromatic heterocycles. The van der Waals surface area contributed by atoms with Crippen LogP contribution in [0.15, 0.2) is 66.7 Å². The maximum Gasteiger partial charge on any atom is 0.138 e. The normalized spacial score (nSPS) is 11.0. The third-order valence-corrected chi connectivity index (χ3v) is 4.49. The molecule has 0 atom stereocenters. The van der Waals surface area contributed by atoms with E-state index in [0.29, 0.717) is 16.7 Å². The molecule has 4 aromatic rings. The SMILES string of the molecule is Clc1ccc(COc2cccc(-c3nc4ccccc4[nH]3)c2)c(Cl)c1. The van der Waals surface area contributed by atoms with Gasteiger partial charge < -0.3 is 9.72 Å². The fourth-order valence-corrected chi connectivity index (χ4v) is 3.09. The molecule has 0 aliphatic carbocycles. The summed E-state index contributed by atoms with van der Waals surface area (Å²) >= 11 is 12.1. The van der Waals surface area contributed by atoms with Crippen molar-refractivity contribution in [2.45, 2.75) is 6.61 Å². The highest BCUT2D eigenvalue weighted by Gasteiger charge is 2.07. The number of H-pyrrole nitrogens is 1. The van der Waals surface area contributed by atoms with Crippen molar-refractivity contribution in [3.8, 4) is 17.1 Å². The monoisotopic (exact) mass is 368 g/mol. The van der Waals surface area contributed by atoms with E-state index in [1.807, 2.05) is 54.6 Å². The Balaban J connectivity index is 1.56. The van der Waals surface area contributed by atoms with E-state index in [2.05, 4.69) is 9.97 Å². The van der Waals surface area contributed by atoms with Crippen LogP contribution in [-0.2, 0) is 6.61 Å². The molecule has 25 heavy (non-hydrogen) atoms. The summed E-state index contributed by atoms with van der Waals surface area (Å²) in [6.45, 7) is 0.375. The molecule has 3 nitrogen and oxygen atoms in total. The lowest BCUT2D eigenvalue weighted by atomic mass is 10.2. The third kappa shape index (κ3) is 3.48. The number of para-hydroxylation sites is 2. The maximum absolute atomic E-state index is 6.19. The van der Waals surface area contributed by atoms with E-state index in [1.165, 1.54) is 0 Å². The first kappa shape index (κ1) is 16.0. The van der Waals surface area contributed by atoms with Crippen LogP contribution in [0.25, 0.3) is 22.4 Å². The zero-order valence-electron chi connectivity index (χ0n) is 13.2. The molecule has 4 rings (SSSR count). The largest absolute Gasteiger partial charge is 0.489 e. The van der Waals surface area contributed by atoms with Crippen LogP contribution >= 0.6 is 23.2 Å². The Kier molecular flexibility index (Phi) is 4.35. The summed E-state index contributed by atoms with van der Waals surface area (Å²) in [5.41, 5.74) is 3.81. The molecule has 3 aromatic carbocycles. The predicted octanol–water partition coefficient (Wildman–Crippen LogP) is 6.12. The highest BCUT2D eigenvalue weighted by molar-refractivity contribution is 6.35. The molecular weight excluding hydrogens is 355 g/mol. The van der Waals surface area contributed by atoms with Crippen LogP contribution in [0, 0.1) is 0 Å². The van der Waals surface area contributed by atoms with Crippen molar-refractivity contribution in [2.24, 2.45) is 0 Å². The number of hydrogen-bond donors (Lipinski definition) is 1. The summed E-state index contributed by atoms with van der Waals surface area (Å²) in [4.78, 5) is 7.95. The molecular formula is C20H14Cl2N2O. The number of benzene rings is 3. The third-order valence-electron chi connectivity index (χ3n) is 3.91. The van der Waals surface area contributed by atoms with Crippen molar-refractivity contribution >= 4 is 34.2 Å². The Bertz CT molecular complexity index is 1010. The highest BCUT2D eigenvalue weighted by atomic mass is 35.5. The van der Waals surface area contributed by atoms with Crippen LogP contribution < -0.4 is 4.74 Å². The number of aromatic amines is 1. The fraction of sp³-hybridized carbons (Fsp3) is 0.0500. The van der Waals surface area contributed by atoms with Gasteiger partial charge in [0.2, 0.25) is 0 Å². The molecule has 1 N–H and O–H groups in total. The minimum atomic E-state index is 0.375. The van der Waals surface area contributed by atoms with Crippen molar-refractivity contribution in [2.75, 3.05) is 0 Å². The number of ether oxygens (including phenoxy) is 1.